The van der Waals surface area contributed by atoms with E-state index in [1.165, 1.54) is 6.07 Å². The number of rotatable bonds is 4. The van der Waals surface area contributed by atoms with Crippen LogP contribution in [0, 0.1) is 5.92 Å². The predicted molar refractivity (Wildman–Crippen MR) is 66.3 cm³/mol. The van der Waals surface area contributed by atoms with Crippen LogP contribution in [-0.4, -0.2) is 45.3 Å². The van der Waals surface area contributed by atoms with Crippen LogP contribution >= 0.6 is 0 Å². The van der Waals surface area contributed by atoms with Gasteiger partial charge in [0.2, 0.25) is 0 Å². The number of nitrogens with zero attached hydrogens (tertiary/aromatic N) is 2. The van der Waals surface area contributed by atoms with E-state index in [1.54, 1.807) is 6.07 Å². The highest BCUT2D eigenvalue weighted by molar-refractivity contribution is 5.85. The molecule has 1 aliphatic rings. The van der Waals surface area contributed by atoms with Crippen LogP contribution < -0.4 is 0 Å². The minimum atomic E-state index is -1.000. The van der Waals surface area contributed by atoms with Crippen molar-refractivity contribution >= 4 is 5.97 Å². The molecule has 0 saturated carbocycles. The molecule has 5 nitrogen and oxygen atoms in total. The number of likely N-dealkylation sites (tertiary alicyclic amines) is 1. The quantitative estimate of drug-likeness (QED) is 0.833. The van der Waals surface area contributed by atoms with E-state index in [2.05, 4.69) is 9.88 Å². The molecule has 1 aliphatic heterocycles. The molecule has 98 valence electrons. The van der Waals surface area contributed by atoms with Crippen LogP contribution in [0.2, 0.25) is 0 Å². The van der Waals surface area contributed by atoms with Crippen LogP contribution in [0.15, 0.2) is 18.2 Å². The number of aromatic carboxylic acids is 1. The lowest BCUT2D eigenvalue weighted by Crippen LogP contribution is -2.24. The fourth-order valence-electron chi connectivity index (χ4n) is 2.32. The van der Waals surface area contributed by atoms with Crippen LogP contribution in [0.25, 0.3) is 0 Å². The maximum atomic E-state index is 10.8. The highest BCUT2D eigenvalue weighted by atomic mass is 16.4. The zero-order valence-electron chi connectivity index (χ0n) is 10.4. The van der Waals surface area contributed by atoms with E-state index in [4.69, 9.17) is 5.11 Å². The molecule has 1 fully saturated rings. The number of aromatic nitrogens is 1. The fraction of sp³-hybridized carbons (Fsp3) is 0.538. The van der Waals surface area contributed by atoms with Gasteiger partial charge in [0, 0.05) is 13.1 Å². The Kier molecular flexibility index (Phi) is 3.93. The molecule has 0 bridgehead atoms. The molecule has 2 N–H and O–H groups in total. The third-order valence-corrected chi connectivity index (χ3v) is 3.40. The molecule has 1 aromatic rings. The number of hydrogen-bond acceptors (Lipinski definition) is 4. The number of carboxylic acid groups (broad SMARTS) is 1. The summed E-state index contributed by atoms with van der Waals surface area (Å²) in [7, 11) is 0. The van der Waals surface area contributed by atoms with Crippen molar-refractivity contribution in [3.05, 3.63) is 29.6 Å². The van der Waals surface area contributed by atoms with Gasteiger partial charge >= 0.3 is 5.97 Å². The highest BCUT2D eigenvalue weighted by Crippen LogP contribution is 2.21. The number of pyridine rings is 1. The van der Waals surface area contributed by atoms with Gasteiger partial charge in [0.25, 0.3) is 0 Å². The molecular weight excluding hydrogens is 232 g/mol. The fourth-order valence-corrected chi connectivity index (χ4v) is 2.32. The Morgan fingerprint density at radius 1 is 1.61 bits per heavy atom. The lowest BCUT2D eigenvalue weighted by Gasteiger charge is -2.16. The molecule has 0 aromatic carbocycles. The molecule has 2 atom stereocenters. The summed E-state index contributed by atoms with van der Waals surface area (Å²) in [6, 6.07) is 5.05. The van der Waals surface area contributed by atoms with Gasteiger partial charge < -0.3 is 10.2 Å². The first-order valence-electron chi connectivity index (χ1n) is 6.16. The minimum absolute atomic E-state index is 0.0822. The van der Waals surface area contributed by atoms with Gasteiger partial charge in [0.15, 0.2) is 0 Å². The van der Waals surface area contributed by atoms with Gasteiger partial charge in [-0.1, -0.05) is 6.07 Å². The first-order valence-corrected chi connectivity index (χ1v) is 6.16. The van der Waals surface area contributed by atoms with Crippen molar-refractivity contribution in [2.24, 2.45) is 5.92 Å². The smallest absolute Gasteiger partial charge is 0.354 e. The van der Waals surface area contributed by atoms with Crippen LogP contribution in [0.3, 0.4) is 0 Å². The van der Waals surface area contributed by atoms with Crippen LogP contribution in [0.4, 0.5) is 0 Å². The molecule has 1 saturated heterocycles. The van der Waals surface area contributed by atoms with Crippen molar-refractivity contribution in [2.75, 3.05) is 13.1 Å². The van der Waals surface area contributed by atoms with Crippen LogP contribution in [-0.2, 0) is 6.54 Å². The standard InChI is InChI=1S/C13H18N2O3/c1-9(16)10-5-6-15(7-10)8-11-3-2-4-12(14-11)13(17)18/h2-4,9-10,16H,5-8H2,1H3,(H,17,18). The normalized spacial score (nSPS) is 22.0. The highest BCUT2D eigenvalue weighted by Gasteiger charge is 2.26. The zero-order chi connectivity index (χ0) is 13.1. The van der Waals surface area contributed by atoms with Crippen molar-refractivity contribution in [2.45, 2.75) is 26.0 Å². The third-order valence-electron chi connectivity index (χ3n) is 3.40. The van der Waals surface area contributed by atoms with Crippen molar-refractivity contribution in [3.8, 4) is 0 Å². The third kappa shape index (κ3) is 3.05. The summed E-state index contributed by atoms with van der Waals surface area (Å²) in [4.78, 5) is 17.1. The molecular formula is C13H18N2O3. The predicted octanol–water partition coefficient (Wildman–Crippen LogP) is 0.983. The number of carboxylic acids is 1. The average molecular weight is 250 g/mol. The second-order valence-corrected chi connectivity index (χ2v) is 4.84. The van der Waals surface area contributed by atoms with E-state index in [9.17, 15) is 9.90 Å². The number of aliphatic hydroxyl groups is 1. The first kappa shape index (κ1) is 13.0. The van der Waals surface area contributed by atoms with Gasteiger partial charge in [-0.15, -0.1) is 0 Å². The molecule has 0 aliphatic carbocycles. The average Bonchev–Trinajstić information content (AvgIpc) is 2.78. The second-order valence-electron chi connectivity index (χ2n) is 4.84. The Bertz CT molecular complexity index is 434. The largest absolute Gasteiger partial charge is 0.477 e. The van der Waals surface area contributed by atoms with Gasteiger partial charge in [-0.25, -0.2) is 9.78 Å². The Morgan fingerprint density at radius 2 is 2.39 bits per heavy atom. The first-order chi connectivity index (χ1) is 8.56. The topological polar surface area (TPSA) is 73.7 Å². The van der Waals surface area contributed by atoms with Gasteiger partial charge in [-0.05, 0) is 37.9 Å². The maximum Gasteiger partial charge on any atom is 0.354 e. The second kappa shape index (κ2) is 5.46. The molecule has 2 rings (SSSR count). The van der Waals surface area contributed by atoms with E-state index in [-0.39, 0.29) is 11.8 Å². The minimum Gasteiger partial charge on any atom is -0.477 e. The Labute approximate surface area is 106 Å². The Morgan fingerprint density at radius 3 is 3.00 bits per heavy atom. The summed E-state index contributed by atoms with van der Waals surface area (Å²) in [6.07, 6.45) is 0.698. The summed E-state index contributed by atoms with van der Waals surface area (Å²) < 4.78 is 0. The SMILES string of the molecule is CC(O)C1CCN(Cc2cccc(C(=O)O)n2)C1. The number of carbonyl (C=O) groups is 1. The molecule has 5 heteroatoms. The zero-order valence-corrected chi connectivity index (χ0v) is 10.4. The van der Waals surface area contributed by atoms with Crippen LogP contribution in [0.5, 0.6) is 0 Å². The van der Waals surface area contributed by atoms with E-state index in [0.29, 0.717) is 12.5 Å². The molecule has 18 heavy (non-hydrogen) atoms. The lowest BCUT2D eigenvalue weighted by molar-refractivity contribution is 0.0690. The lowest BCUT2D eigenvalue weighted by atomic mass is 10.0. The maximum absolute atomic E-state index is 10.8. The van der Waals surface area contributed by atoms with Crippen molar-refractivity contribution in [1.82, 2.24) is 9.88 Å². The van der Waals surface area contributed by atoms with Crippen LogP contribution in [0.1, 0.15) is 29.5 Å². The molecule has 2 unspecified atom stereocenters. The van der Waals surface area contributed by atoms with Gasteiger partial charge in [-0.3, -0.25) is 4.90 Å². The summed E-state index contributed by atoms with van der Waals surface area (Å²) in [5.41, 5.74) is 0.847. The van der Waals surface area contributed by atoms with Crippen molar-refractivity contribution in [3.63, 3.8) is 0 Å². The van der Waals surface area contributed by atoms with Gasteiger partial charge in [-0.2, -0.15) is 0 Å². The number of hydrogen-bond donors (Lipinski definition) is 2. The van der Waals surface area contributed by atoms with E-state index in [0.717, 1.165) is 25.2 Å². The Hall–Kier alpha value is -1.46. The molecule has 0 amide bonds. The molecule has 0 spiro atoms. The molecule has 1 aromatic heterocycles. The van der Waals surface area contributed by atoms with E-state index in [1.807, 2.05) is 13.0 Å². The summed E-state index contributed by atoms with van der Waals surface area (Å²) in [5, 5.41) is 18.4. The number of aliphatic hydroxyl groups excluding tert-OH is 1. The molecule has 0 radical (unpaired) electrons. The van der Waals surface area contributed by atoms with Gasteiger partial charge in [0.1, 0.15) is 5.69 Å². The van der Waals surface area contributed by atoms with Gasteiger partial charge in [0.05, 0.1) is 11.8 Å². The van der Waals surface area contributed by atoms with E-state index < -0.39 is 5.97 Å². The summed E-state index contributed by atoms with van der Waals surface area (Å²) >= 11 is 0. The summed E-state index contributed by atoms with van der Waals surface area (Å²) in [6.45, 7) is 4.23. The Balaban J connectivity index is 1.98. The monoisotopic (exact) mass is 250 g/mol. The van der Waals surface area contributed by atoms with E-state index >= 15 is 0 Å². The molecule has 2 heterocycles. The van der Waals surface area contributed by atoms with Crippen molar-refractivity contribution in [1.29, 1.82) is 0 Å². The van der Waals surface area contributed by atoms with Crippen molar-refractivity contribution < 1.29 is 15.0 Å². The summed E-state index contributed by atoms with van der Waals surface area (Å²) in [5.74, 6) is -0.687.